The summed E-state index contributed by atoms with van der Waals surface area (Å²) >= 11 is 5.87. The van der Waals surface area contributed by atoms with Gasteiger partial charge in [-0.25, -0.2) is 0 Å². The van der Waals surface area contributed by atoms with E-state index < -0.39 is 0 Å². The molecule has 108 valence electrons. The maximum Gasteiger partial charge on any atom is 0.128 e. The van der Waals surface area contributed by atoms with E-state index in [0.717, 1.165) is 17.0 Å². The van der Waals surface area contributed by atoms with Crippen molar-refractivity contribution >= 4 is 22.5 Å². The van der Waals surface area contributed by atoms with E-state index >= 15 is 0 Å². The standard InChI is InChI=1S/C17H17ClN2O/c1-20-15(11-21-16-7-5-14(18)6-8-16)9-12-3-2-4-13(10-19)17(12)20/h2-9H,10-11,19H2,1H3. The van der Waals surface area contributed by atoms with Crippen LogP contribution in [0.25, 0.3) is 10.9 Å². The van der Waals surface area contributed by atoms with Gasteiger partial charge in [0.1, 0.15) is 12.4 Å². The molecule has 21 heavy (non-hydrogen) atoms. The predicted octanol–water partition coefficient (Wildman–Crippen LogP) is 3.87. The number of ether oxygens (including phenoxy) is 1. The Bertz CT molecular complexity index is 762. The molecule has 0 fully saturated rings. The first kappa shape index (κ1) is 14.0. The number of aromatic nitrogens is 1. The lowest BCUT2D eigenvalue weighted by molar-refractivity contribution is 0.298. The molecule has 0 aliphatic heterocycles. The number of nitrogens with two attached hydrogens (primary N) is 1. The molecule has 0 saturated heterocycles. The molecule has 2 aromatic carbocycles. The van der Waals surface area contributed by atoms with Gasteiger partial charge in [-0.2, -0.15) is 0 Å². The van der Waals surface area contributed by atoms with Gasteiger partial charge in [0.15, 0.2) is 0 Å². The largest absolute Gasteiger partial charge is 0.487 e. The molecule has 2 N–H and O–H groups in total. The van der Waals surface area contributed by atoms with Crippen LogP contribution >= 0.6 is 11.6 Å². The summed E-state index contributed by atoms with van der Waals surface area (Å²) in [4.78, 5) is 0. The summed E-state index contributed by atoms with van der Waals surface area (Å²) < 4.78 is 7.97. The molecule has 0 unspecified atom stereocenters. The van der Waals surface area contributed by atoms with Crippen LogP contribution in [0, 0.1) is 0 Å². The number of hydrogen-bond donors (Lipinski definition) is 1. The Morgan fingerprint density at radius 3 is 2.62 bits per heavy atom. The molecule has 0 aliphatic rings. The van der Waals surface area contributed by atoms with Crippen molar-refractivity contribution in [2.24, 2.45) is 12.8 Å². The zero-order valence-electron chi connectivity index (χ0n) is 11.8. The van der Waals surface area contributed by atoms with E-state index in [1.807, 2.05) is 37.4 Å². The summed E-state index contributed by atoms with van der Waals surface area (Å²) in [5.74, 6) is 0.809. The predicted molar refractivity (Wildman–Crippen MR) is 86.6 cm³/mol. The Kier molecular flexibility index (Phi) is 3.86. The second-order valence-electron chi connectivity index (χ2n) is 5.00. The Balaban J connectivity index is 1.87. The van der Waals surface area contributed by atoms with E-state index in [1.165, 1.54) is 10.9 Å². The van der Waals surface area contributed by atoms with Crippen LogP contribution in [0.4, 0.5) is 0 Å². The molecular weight excluding hydrogens is 284 g/mol. The maximum atomic E-state index is 5.87. The molecule has 0 amide bonds. The SMILES string of the molecule is Cn1c(COc2ccc(Cl)cc2)cc2cccc(CN)c21. The van der Waals surface area contributed by atoms with E-state index in [2.05, 4.69) is 22.8 Å². The summed E-state index contributed by atoms with van der Waals surface area (Å²) in [5, 5.41) is 1.90. The average molecular weight is 301 g/mol. The Morgan fingerprint density at radius 2 is 1.90 bits per heavy atom. The van der Waals surface area contributed by atoms with Crippen molar-refractivity contribution in [3.8, 4) is 5.75 Å². The number of benzene rings is 2. The molecule has 0 atom stereocenters. The Morgan fingerprint density at radius 1 is 1.14 bits per heavy atom. The van der Waals surface area contributed by atoms with Gasteiger partial charge in [-0.05, 0) is 35.9 Å². The molecular formula is C17H17ClN2O. The molecule has 0 radical (unpaired) electrons. The maximum absolute atomic E-state index is 5.87. The van der Waals surface area contributed by atoms with E-state index in [9.17, 15) is 0 Å². The van der Waals surface area contributed by atoms with Crippen LogP contribution in [0.2, 0.25) is 5.02 Å². The van der Waals surface area contributed by atoms with E-state index in [1.54, 1.807) is 0 Å². The average Bonchev–Trinajstić information content (AvgIpc) is 2.83. The van der Waals surface area contributed by atoms with Crippen molar-refractivity contribution < 1.29 is 4.74 Å². The fourth-order valence-electron chi connectivity index (χ4n) is 2.55. The molecule has 3 aromatic rings. The topological polar surface area (TPSA) is 40.2 Å². The van der Waals surface area contributed by atoms with Crippen molar-refractivity contribution in [2.75, 3.05) is 0 Å². The van der Waals surface area contributed by atoms with Gasteiger partial charge < -0.3 is 15.0 Å². The zero-order chi connectivity index (χ0) is 14.8. The number of hydrogen-bond acceptors (Lipinski definition) is 2. The molecule has 3 rings (SSSR count). The van der Waals surface area contributed by atoms with Crippen LogP contribution in [0.3, 0.4) is 0 Å². The van der Waals surface area contributed by atoms with Gasteiger partial charge in [0.05, 0.1) is 11.2 Å². The molecule has 0 spiro atoms. The van der Waals surface area contributed by atoms with E-state index in [-0.39, 0.29) is 0 Å². The zero-order valence-corrected chi connectivity index (χ0v) is 12.6. The van der Waals surface area contributed by atoms with Crippen LogP contribution < -0.4 is 10.5 Å². The first-order valence-electron chi connectivity index (χ1n) is 6.83. The van der Waals surface area contributed by atoms with Crippen LogP contribution in [0.5, 0.6) is 5.75 Å². The summed E-state index contributed by atoms with van der Waals surface area (Å²) in [6.07, 6.45) is 0. The molecule has 1 heterocycles. The minimum atomic E-state index is 0.511. The lowest BCUT2D eigenvalue weighted by atomic mass is 10.1. The Labute approximate surface area is 128 Å². The number of rotatable bonds is 4. The molecule has 0 saturated carbocycles. The van der Waals surface area contributed by atoms with E-state index in [0.29, 0.717) is 18.2 Å². The summed E-state index contributed by atoms with van der Waals surface area (Å²) in [6, 6.07) is 15.7. The van der Waals surface area contributed by atoms with Crippen molar-refractivity contribution in [3.63, 3.8) is 0 Å². The Hall–Kier alpha value is -1.97. The van der Waals surface area contributed by atoms with Gasteiger partial charge in [0, 0.05) is 24.0 Å². The molecule has 1 aromatic heterocycles. The van der Waals surface area contributed by atoms with Gasteiger partial charge in [0.2, 0.25) is 0 Å². The smallest absolute Gasteiger partial charge is 0.128 e. The van der Waals surface area contributed by atoms with Crippen molar-refractivity contribution in [2.45, 2.75) is 13.2 Å². The number of nitrogens with zero attached hydrogens (tertiary/aromatic N) is 1. The first-order chi connectivity index (χ1) is 10.2. The third kappa shape index (κ3) is 2.75. The summed E-state index contributed by atoms with van der Waals surface area (Å²) in [5.41, 5.74) is 9.25. The van der Waals surface area contributed by atoms with E-state index in [4.69, 9.17) is 22.1 Å². The highest BCUT2D eigenvalue weighted by Gasteiger charge is 2.09. The monoisotopic (exact) mass is 300 g/mol. The minimum absolute atomic E-state index is 0.511. The second-order valence-corrected chi connectivity index (χ2v) is 5.43. The van der Waals surface area contributed by atoms with Crippen LogP contribution in [-0.2, 0) is 20.2 Å². The van der Waals surface area contributed by atoms with Crippen LogP contribution in [0.15, 0.2) is 48.5 Å². The highest BCUT2D eigenvalue weighted by Crippen LogP contribution is 2.24. The molecule has 3 nitrogen and oxygen atoms in total. The van der Waals surface area contributed by atoms with Crippen molar-refractivity contribution in [3.05, 3.63) is 64.8 Å². The minimum Gasteiger partial charge on any atom is -0.487 e. The first-order valence-corrected chi connectivity index (χ1v) is 7.21. The quantitative estimate of drug-likeness (QED) is 0.794. The van der Waals surface area contributed by atoms with Gasteiger partial charge in [-0.15, -0.1) is 0 Å². The summed E-state index contributed by atoms with van der Waals surface area (Å²) in [6.45, 7) is 1.05. The number of para-hydroxylation sites is 1. The van der Waals surface area contributed by atoms with Gasteiger partial charge >= 0.3 is 0 Å². The van der Waals surface area contributed by atoms with Crippen molar-refractivity contribution in [1.82, 2.24) is 4.57 Å². The number of aryl methyl sites for hydroxylation is 1. The highest BCUT2D eigenvalue weighted by molar-refractivity contribution is 6.30. The second kappa shape index (κ2) is 5.80. The number of fused-ring (bicyclic) bond motifs is 1. The van der Waals surface area contributed by atoms with Gasteiger partial charge in [-0.3, -0.25) is 0 Å². The third-order valence-corrected chi connectivity index (χ3v) is 3.91. The van der Waals surface area contributed by atoms with Crippen LogP contribution in [0.1, 0.15) is 11.3 Å². The summed E-state index contributed by atoms with van der Waals surface area (Å²) in [7, 11) is 2.04. The van der Waals surface area contributed by atoms with Gasteiger partial charge in [0.25, 0.3) is 0 Å². The van der Waals surface area contributed by atoms with Crippen LogP contribution in [-0.4, -0.2) is 4.57 Å². The fourth-order valence-corrected chi connectivity index (χ4v) is 2.67. The lowest BCUT2D eigenvalue weighted by Gasteiger charge is -2.09. The fraction of sp³-hybridized carbons (Fsp3) is 0.176. The van der Waals surface area contributed by atoms with Crippen molar-refractivity contribution in [1.29, 1.82) is 0 Å². The normalized spacial score (nSPS) is 11.0. The molecule has 0 aliphatic carbocycles. The third-order valence-electron chi connectivity index (χ3n) is 3.66. The molecule has 0 bridgehead atoms. The highest BCUT2D eigenvalue weighted by atomic mass is 35.5. The lowest BCUT2D eigenvalue weighted by Crippen LogP contribution is -2.04. The molecule has 4 heteroatoms. The number of halogens is 1. The van der Waals surface area contributed by atoms with Gasteiger partial charge in [-0.1, -0.05) is 29.8 Å².